The highest BCUT2D eigenvalue weighted by atomic mass is 35.5. The number of benzene rings is 2. The van der Waals surface area contributed by atoms with Gasteiger partial charge >= 0.3 is 5.89 Å². The zero-order valence-electron chi connectivity index (χ0n) is 22.7. The van der Waals surface area contributed by atoms with E-state index in [0.717, 1.165) is 35.3 Å². The van der Waals surface area contributed by atoms with Crippen molar-refractivity contribution >= 4 is 50.5 Å². The van der Waals surface area contributed by atoms with Crippen LogP contribution in [0.4, 0.5) is 5.69 Å². The Kier molecular flexibility index (Phi) is 7.94. The summed E-state index contributed by atoms with van der Waals surface area (Å²) in [5, 5.41) is 0.592. The number of ether oxygens (including phenoxy) is 1. The average Bonchev–Trinajstić information content (AvgIpc) is 3.18. The number of aryl methyl sites for hydroxylation is 2. The number of fused-ring (bicyclic) bond motifs is 2. The van der Waals surface area contributed by atoms with Crippen LogP contribution in [-0.4, -0.2) is 48.7 Å². The van der Waals surface area contributed by atoms with Crippen LogP contribution in [0.2, 0.25) is 5.02 Å². The lowest BCUT2D eigenvalue weighted by atomic mass is 10.2. The third-order valence-corrected chi connectivity index (χ3v) is 8.05. The lowest BCUT2D eigenvalue weighted by molar-refractivity contribution is -0.678. The van der Waals surface area contributed by atoms with Gasteiger partial charge in [-0.05, 0) is 62.1 Å². The third-order valence-electron chi connectivity index (χ3n) is 7.02. The smallest absolute Gasteiger partial charge is 0.374 e. The van der Waals surface area contributed by atoms with Crippen molar-refractivity contribution in [2.45, 2.75) is 52.6 Å². The molecule has 1 unspecified atom stereocenters. The first kappa shape index (κ1) is 28.2. The maximum atomic E-state index is 12.2. The number of amides is 1. The van der Waals surface area contributed by atoms with Crippen molar-refractivity contribution in [2.24, 2.45) is 0 Å². The Morgan fingerprint density at radius 1 is 1.20 bits per heavy atom. The van der Waals surface area contributed by atoms with E-state index in [4.69, 9.17) is 20.8 Å². The topological polar surface area (TPSA) is 107 Å². The van der Waals surface area contributed by atoms with Crippen LogP contribution in [0.25, 0.3) is 17.2 Å². The van der Waals surface area contributed by atoms with Gasteiger partial charge in [0.25, 0.3) is 5.52 Å². The second-order valence-corrected chi connectivity index (χ2v) is 12.2. The molecule has 1 amide bonds. The molecule has 0 bridgehead atoms. The van der Waals surface area contributed by atoms with Gasteiger partial charge in [0.15, 0.2) is 12.3 Å². The molecule has 0 saturated carbocycles. The fourth-order valence-corrected chi connectivity index (χ4v) is 5.74. The Morgan fingerprint density at radius 2 is 2.00 bits per heavy atom. The zero-order valence-corrected chi connectivity index (χ0v) is 24.3. The van der Waals surface area contributed by atoms with Crippen LogP contribution in [0.5, 0.6) is 5.75 Å². The molecule has 5 rings (SSSR count). The minimum atomic E-state index is -4.32. The Hall–Kier alpha value is -3.34. The van der Waals surface area contributed by atoms with E-state index in [2.05, 4.69) is 6.92 Å². The molecule has 0 spiro atoms. The van der Waals surface area contributed by atoms with Gasteiger partial charge < -0.3 is 23.5 Å². The monoisotopic (exact) mass is 585 g/mol. The molecule has 1 aromatic heterocycles. The summed E-state index contributed by atoms with van der Waals surface area (Å²) in [5.41, 5.74) is 4.21. The molecule has 3 heterocycles. The fraction of sp³-hybridized carbons (Fsp3) is 0.379. The van der Waals surface area contributed by atoms with Gasteiger partial charge in [0.1, 0.15) is 6.04 Å². The van der Waals surface area contributed by atoms with E-state index in [1.807, 2.05) is 70.7 Å². The predicted molar refractivity (Wildman–Crippen MR) is 152 cm³/mol. The minimum absolute atomic E-state index is 0.0722. The SMILES string of the molecule is CCCN1C(=O)C1CC[n+]1c(C=C(C)C=C2Oc3ccc(C)cc3N2CCCS(=O)(=O)[O-])oc2ccc(Cl)cc21. The van der Waals surface area contributed by atoms with Crippen molar-refractivity contribution in [1.29, 1.82) is 0 Å². The number of nitrogens with zero attached hydrogens (tertiary/aromatic N) is 3. The van der Waals surface area contributed by atoms with Gasteiger partial charge in [0, 0.05) is 42.4 Å². The molecule has 1 saturated heterocycles. The van der Waals surface area contributed by atoms with E-state index in [0.29, 0.717) is 47.6 Å². The Morgan fingerprint density at radius 3 is 2.75 bits per heavy atom. The number of hydrogen-bond acceptors (Lipinski definition) is 7. The van der Waals surface area contributed by atoms with Crippen LogP contribution >= 0.6 is 11.6 Å². The first-order chi connectivity index (χ1) is 19.0. The first-order valence-corrected chi connectivity index (χ1v) is 15.3. The molecule has 0 aliphatic carbocycles. The summed E-state index contributed by atoms with van der Waals surface area (Å²) in [7, 11) is -4.32. The normalized spacial score (nSPS) is 18.1. The summed E-state index contributed by atoms with van der Waals surface area (Å²) in [5.74, 6) is 1.53. The molecular formula is C29H32ClN3O6S. The number of allylic oxidation sites excluding steroid dienone is 2. The quantitative estimate of drug-likeness (QED) is 0.181. The number of hydrogen-bond donors (Lipinski definition) is 0. The number of aromatic nitrogens is 1. The summed E-state index contributed by atoms with van der Waals surface area (Å²) in [6.45, 7) is 7.61. The maximum absolute atomic E-state index is 12.2. The van der Waals surface area contributed by atoms with Crippen molar-refractivity contribution in [3.63, 3.8) is 0 Å². The van der Waals surface area contributed by atoms with Crippen LogP contribution in [-0.2, 0) is 21.5 Å². The van der Waals surface area contributed by atoms with E-state index in [9.17, 15) is 17.8 Å². The number of halogens is 1. The molecule has 0 N–H and O–H groups in total. The van der Waals surface area contributed by atoms with Gasteiger partial charge in [-0.15, -0.1) is 0 Å². The standard InChI is InChI=1S/C29H32ClN3O6S/c1-4-11-33-22(29(33)34)10-13-32-24-18-21(30)7-9-26(24)39-28(32)17-20(3)16-27-31(12-5-14-40(35,36)37)23-15-19(2)6-8-25(23)38-27/h6-9,15-18,22H,4-5,10-14H2,1-3H3. The number of carbonyl (C=O) groups excluding carboxylic acids is 1. The molecule has 1 atom stereocenters. The van der Waals surface area contributed by atoms with Gasteiger partial charge in [-0.1, -0.05) is 24.6 Å². The average molecular weight is 586 g/mol. The molecule has 9 nitrogen and oxygen atoms in total. The first-order valence-electron chi connectivity index (χ1n) is 13.4. The summed E-state index contributed by atoms with van der Waals surface area (Å²) in [6, 6.07) is 11.2. The second kappa shape index (κ2) is 11.3. The molecule has 0 radical (unpaired) electrons. The van der Waals surface area contributed by atoms with Crippen LogP contribution in [0, 0.1) is 6.92 Å². The number of anilines is 1. The molecule has 3 aromatic rings. The lowest BCUT2D eigenvalue weighted by Crippen LogP contribution is -2.36. The molecule has 2 aliphatic rings. The number of oxazole rings is 1. The number of rotatable bonds is 11. The Labute approximate surface area is 239 Å². The lowest BCUT2D eigenvalue weighted by Gasteiger charge is -2.19. The van der Waals surface area contributed by atoms with Gasteiger partial charge in [-0.3, -0.25) is 4.79 Å². The fourth-order valence-electron chi connectivity index (χ4n) is 5.09. The molecule has 2 aromatic carbocycles. The Balaban J connectivity index is 1.44. The highest BCUT2D eigenvalue weighted by Gasteiger charge is 2.45. The maximum Gasteiger partial charge on any atom is 0.374 e. The summed E-state index contributed by atoms with van der Waals surface area (Å²) in [6.07, 6.45) is 5.52. The van der Waals surface area contributed by atoms with E-state index in [1.165, 1.54) is 0 Å². The largest absolute Gasteiger partial charge is 0.748 e. The summed E-state index contributed by atoms with van der Waals surface area (Å²) >= 11 is 6.30. The third kappa shape index (κ3) is 6.19. The zero-order chi connectivity index (χ0) is 28.6. The molecule has 2 aliphatic heterocycles. The van der Waals surface area contributed by atoms with Crippen LogP contribution in [0.3, 0.4) is 0 Å². The van der Waals surface area contributed by atoms with Gasteiger partial charge in [0.2, 0.25) is 17.4 Å². The molecule has 11 heteroatoms. The minimum Gasteiger partial charge on any atom is -0.748 e. The van der Waals surface area contributed by atoms with Crippen molar-refractivity contribution < 1.29 is 31.5 Å². The molecule has 212 valence electrons. The summed E-state index contributed by atoms with van der Waals surface area (Å²) in [4.78, 5) is 16.0. The van der Waals surface area contributed by atoms with E-state index in [1.54, 1.807) is 6.07 Å². The summed E-state index contributed by atoms with van der Waals surface area (Å²) < 4.78 is 47.9. The van der Waals surface area contributed by atoms with Crippen LogP contribution in [0.1, 0.15) is 44.6 Å². The van der Waals surface area contributed by atoms with Crippen LogP contribution in [0.15, 0.2) is 58.3 Å². The van der Waals surface area contributed by atoms with E-state index >= 15 is 0 Å². The number of carbonyl (C=O) groups is 1. The molecule has 40 heavy (non-hydrogen) atoms. The van der Waals surface area contributed by atoms with Crippen molar-refractivity contribution in [3.05, 3.63) is 70.4 Å². The van der Waals surface area contributed by atoms with Crippen molar-refractivity contribution in [2.75, 3.05) is 23.7 Å². The van der Waals surface area contributed by atoms with E-state index < -0.39 is 15.9 Å². The predicted octanol–water partition coefficient (Wildman–Crippen LogP) is 4.77. The highest BCUT2D eigenvalue weighted by molar-refractivity contribution is 7.85. The molecular weight excluding hydrogens is 554 g/mol. The van der Waals surface area contributed by atoms with Crippen LogP contribution < -0.4 is 14.2 Å². The van der Waals surface area contributed by atoms with Crippen molar-refractivity contribution in [1.82, 2.24) is 4.90 Å². The highest BCUT2D eigenvalue weighted by Crippen LogP contribution is 2.40. The van der Waals surface area contributed by atoms with Crippen molar-refractivity contribution in [3.8, 4) is 5.75 Å². The second-order valence-electron chi connectivity index (χ2n) is 10.3. The van der Waals surface area contributed by atoms with E-state index in [-0.39, 0.29) is 18.4 Å². The Bertz CT molecular complexity index is 1630. The van der Waals surface area contributed by atoms with Gasteiger partial charge in [0.05, 0.1) is 21.9 Å². The van der Waals surface area contributed by atoms with Gasteiger partial charge in [-0.25, -0.2) is 8.42 Å². The van der Waals surface area contributed by atoms with Gasteiger partial charge in [-0.2, -0.15) is 4.57 Å². The molecule has 1 fully saturated rings.